The lowest BCUT2D eigenvalue weighted by molar-refractivity contribution is 0.789. The van der Waals surface area contributed by atoms with Gasteiger partial charge >= 0.3 is 0 Å². The van der Waals surface area contributed by atoms with Crippen LogP contribution in [-0.4, -0.2) is 16.1 Å². The van der Waals surface area contributed by atoms with Gasteiger partial charge in [0, 0.05) is 32.4 Å². The van der Waals surface area contributed by atoms with E-state index in [4.69, 9.17) is 5.73 Å². The second-order valence-electron chi connectivity index (χ2n) is 4.17. The van der Waals surface area contributed by atoms with Crippen LogP contribution in [0.1, 0.15) is 11.4 Å². The molecule has 90 valence electrons. The summed E-state index contributed by atoms with van der Waals surface area (Å²) in [5.41, 5.74) is 8.92. The zero-order valence-corrected chi connectivity index (χ0v) is 10.3. The first-order valence-corrected chi connectivity index (χ1v) is 5.73. The zero-order chi connectivity index (χ0) is 12.3. The Kier molecular flexibility index (Phi) is 3.32. The summed E-state index contributed by atoms with van der Waals surface area (Å²) in [4.78, 5) is 4.28. The van der Waals surface area contributed by atoms with Gasteiger partial charge in [-0.2, -0.15) is 0 Å². The van der Waals surface area contributed by atoms with Gasteiger partial charge in [0.2, 0.25) is 0 Å². The topological polar surface area (TPSA) is 55.9 Å². The number of hydrogen-bond acceptors (Lipinski definition) is 3. The fraction of sp³-hybridized carbons (Fsp3) is 0.308. The molecule has 0 saturated carbocycles. The third kappa shape index (κ3) is 2.58. The minimum absolute atomic E-state index is 0.796. The largest absolute Gasteiger partial charge is 0.397 e. The van der Waals surface area contributed by atoms with Crippen molar-refractivity contribution >= 4 is 11.4 Å². The number of nitrogen functional groups attached to an aromatic ring is 1. The third-order valence-corrected chi connectivity index (χ3v) is 2.88. The van der Waals surface area contributed by atoms with Crippen molar-refractivity contribution in [3.8, 4) is 0 Å². The smallest absolute Gasteiger partial charge is 0.110 e. The van der Waals surface area contributed by atoms with Crippen LogP contribution in [0.3, 0.4) is 0 Å². The minimum atomic E-state index is 0.796. The Morgan fingerprint density at radius 1 is 1.41 bits per heavy atom. The molecule has 3 N–H and O–H groups in total. The Balaban J connectivity index is 1.97. The molecule has 0 fully saturated rings. The highest BCUT2D eigenvalue weighted by molar-refractivity contribution is 5.69. The number of para-hydroxylation sites is 1. The molecule has 0 unspecified atom stereocenters. The van der Waals surface area contributed by atoms with E-state index in [1.165, 1.54) is 5.56 Å². The molecule has 0 saturated heterocycles. The van der Waals surface area contributed by atoms with Gasteiger partial charge in [-0.15, -0.1) is 0 Å². The molecule has 1 aromatic heterocycles. The number of anilines is 2. The second-order valence-corrected chi connectivity index (χ2v) is 4.17. The van der Waals surface area contributed by atoms with Crippen molar-refractivity contribution < 1.29 is 0 Å². The molecule has 0 amide bonds. The quantitative estimate of drug-likeness (QED) is 0.789. The molecule has 0 aliphatic heterocycles. The molecule has 2 aromatic rings. The maximum absolute atomic E-state index is 5.93. The average Bonchev–Trinajstić information content (AvgIpc) is 2.69. The molecule has 17 heavy (non-hydrogen) atoms. The predicted octanol–water partition coefficient (Wildman–Crippen LogP) is 1.97. The molecular weight excluding hydrogens is 212 g/mol. The molecule has 1 aromatic carbocycles. The summed E-state index contributed by atoms with van der Waals surface area (Å²) in [7, 11) is 2.00. The summed E-state index contributed by atoms with van der Waals surface area (Å²) >= 11 is 0. The monoisotopic (exact) mass is 230 g/mol. The molecule has 0 aliphatic rings. The molecule has 0 spiro atoms. The van der Waals surface area contributed by atoms with Crippen molar-refractivity contribution in [1.29, 1.82) is 0 Å². The van der Waals surface area contributed by atoms with Gasteiger partial charge in [0.05, 0.1) is 11.4 Å². The van der Waals surface area contributed by atoms with E-state index in [0.717, 1.165) is 30.2 Å². The van der Waals surface area contributed by atoms with Crippen LogP contribution in [0.4, 0.5) is 11.4 Å². The van der Waals surface area contributed by atoms with Crippen LogP contribution in [0, 0.1) is 6.92 Å². The van der Waals surface area contributed by atoms with Crippen molar-refractivity contribution in [2.75, 3.05) is 17.6 Å². The maximum atomic E-state index is 5.93. The van der Waals surface area contributed by atoms with Crippen molar-refractivity contribution in [2.45, 2.75) is 13.3 Å². The number of imidazole rings is 1. The van der Waals surface area contributed by atoms with Gasteiger partial charge in [-0.1, -0.05) is 12.1 Å². The van der Waals surface area contributed by atoms with Gasteiger partial charge in [-0.25, -0.2) is 4.98 Å². The highest BCUT2D eigenvalue weighted by atomic mass is 15.0. The molecule has 0 bridgehead atoms. The van der Waals surface area contributed by atoms with Gasteiger partial charge in [0.1, 0.15) is 5.82 Å². The SMILES string of the molecule is Cc1cccc(N)c1NCCc1nccn1C. The highest BCUT2D eigenvalue weighted by Gasteiger charge is 2.03. The second kappa shape index (κ2) is 4.91. The number of hydrogen-bond donors (Lipinski definition) is 2. The Labute approximate surface area is 101 Å². The summed E-state index contributed by atoms with van der Waals surface area (Å²) in [6, 6.07) is 5.93. The minimum Gasteiger partial charge on any atom is -0.397 e. The molecule has 4 nitrogen and oxygen atoms in total. The Morgan fingerprint density at radius 3 is 2.88 bits per heavy atom. The molecule has 2 rings (SSSR count). The molecule has 0 radical (unpaired) electrons. The van der Waals surface area contributed by atoms with Gasteiger partial charge < -0.3 is 15.6 Å². The van der Waals surface area contributed by atoms with Crippen LogP contribution in [0.15, 0.2) is 30.6 Å². The van der Waals surface area contributed by atoms with Crippen molar-refractivity contribution in [1.82, 2.24) is 9.55 Å². The summed E-state index contributed by atoms with van der Waals surface area (Å²) < 4.78 is 2.03. The number of nitrogens with zero attached hydrogens (tertiary/aromatic N) is 2. The number of nitrogens with one attached hydrogen (secondary N) is 1. The maximum Gasteiger partial charge on any atom is 0.110 e. The number of rotatable bonds is 4. The normalized spacial score (nSPS) is 10.5. The van der Waals surface area contributed by atoms with Crippen molar-refractivity contribution in [2.24, 2.45) is 7.05 Å². The van der Waals surface area contributed by atoms with E-state index in [-0.39, 0.29) is 0 Å². The van der Waals surface area contributed by atoms with E-state index >= 15 is 0 Å². The number of aromatic nitrogens is 2. The average molecular weight is 230 g/mol. The first-order chi connectivity index (χ1) is 8.18. The Bertz CT molecular complexity index is 482. The van der Waals surface area contributed by atoms with E-state index in [0.29, 0.717) is 0 Å². The fourth-order valence-electron chi connectivity index (χ4n) is 1.87. The van der Waals surface area contributed by atoms with Crippen LogP contribution in [0.5, 0.6) is 0 Å². The molecule has 0 aliphatic carbocycles. The summed E-state index contributed by atoms with van der Waals surface area (Å²) in [6.07, 6.45) is 4.66. The number of aryl methyl sites for hydroxylation is 2. The number of benzene rings is 1. The van der Waals surface area contributed by atoms with E-state index in [2.05, 4.69) is 23.3 Å². The van der Waals surface area contributed by atoms with E-state index in [1.54, 1.807) is 0 Å². The first-order valence-electron chi connectivity index (χ1n) is 5.73. The standard InChI is InChI=1S/C13H18N4/c1-10-4-3-5-11(14)13(10)16-7-6-12-15-8-9-17(12)2/h3-5,8-9,16H,6-7,14H2,1-2H3. The first kappa shape index (κ1) is 11.5. The molecular formula is C13H18N4. The third-order valence-electron chi connectivity index (χ3n) is 2.88. The van der Waals surface area contributed by atoms with Gasteiger partial charge in [0.25, 0.3) is 0 Å². The van der Waals surface area contributed by atoms with Crippen LogP contribution in [0.25, 0.3) is 0 Å². The van der Waals surface area contributed by atoms with Gasteiger partial charge in [-0.3, -0.25) is 0 Å². The zero-order valence-electron chi connectivity index (χ0n) is 10.3. The number of nitrogens with two attached hydrogens (primary N) is 1. The van der Waals surface area contributed by atoms with Gasteiger partial charge in [-0.05, 0) is 18.6 Å². The lowest BCUT2D eigenvalue weighted by Gasteiger charge is -2.11. The Morgan fingerprint density at radius 2 is 2.24 bits per heavy atom. The molecule has 4 heteroatoms. The summed E-state index contributed by atoms with van der Waals surface area (Å²) in [5, 5.41) is 3.37. The van der Waals surface area contributed by atoms with Crippen LogP contribution >= 0.6 is 0 Å². The summed E-state index contributed by atoms with van der Waals surface area (Å²) in [5.74, 6) is 1.07. The van der Waals surface area contributed by atoms with E-state index < -0.39 is 0 Å². The molecule has 1 heterocycles. The molecule has 0 atom stereocenters. The fourth-order valence-corrected chi connectivity index (χ4v) is 1.87. The Hall–Kier alpha value is -1.97. The predicted molar refractivity (Wildman–Crippen MR) is 71.0 cm³/mol. The van der Waals surface area contributed by atoms with E-state index in [1.807, 2.05) is 36.1 Å². The lowest BCUT2D eigenvalue weighted by Crippen LogP contribution is -2.10. The van der Waals surface area contributed by atoms with E-state index in [9.17, 15) is 0 Å². The van der Waals surface area contributed by atoms with Gasteiger partial charge in [0.15, 0.2) is 0 Å². The van der Waals surface area contributed by atoms with Crippen LogP contribution in [0.2, 0.25) is 0 Å². The van der Waals surface area contributed by atoms with Crippen LogP contribution in [-0.2, 0) is 13.5 Å². The highest BCUT2D eigenvalue weighted by Crippen LogP contribution is 2.22. The lowest BCUT2D eigenvalue weighted by atomic mass is 10.1. The van der Waals surface area contributed by atoms with Crippen LogP contribution < -0.4 is 11.1 Å². The summed E-state index contributed by atoms with van der Waals surface area (Å²) in [6.45, 7) is 2.89. The van der Waals surface area contributed by atoms with Crippen molar-refractivity contribution in [3.05, 3.63) is 42.0 Å². The van der Waals surface area contributed by atoms with Crippen molar-refractivity contribution in [3.63, 3.8) is 0 Å².